The average Bonchev–Trinajstić information content (AvgIpc) is 2.97. The van der Waals surface area contributed by atoms with Crippen molar-refractivity contribution in [3.8, 4) is 5.69 Å². The predicted octanol–water partition coefficient (Wildman–Crippen LogP) is 3.42. The van der Waals surface area contributed by atoms with Crippen LogP contribution in [0.3, 0.4) is 0 Å². The van der Waals surface area contributed by atoms with Crippen molar-refractivity contribution in [1.29, 1.82) is 0 Å². The fourth-order valence-electron chi connectivity index (χ4n) is 2.82. The highest BCUT2D eigenvalue weighted by Gasteiger charge is 2.34. The van der Waals surface area contributed by atoms with Crippen LogP contribution in [0.25, 0.3) is 5.69 Å². The number of halogens is 3. The quantitative estimate of drug-likeness (QED) is 0.919. The maximum absolute atomic E-state index is 12.7. The van der Waals surface area contributed by atoms with Crippen LogP contribution >= 0.6 is 0 Å². The third-order valence-corrected chi connectivity index (χ3v) is 4.19. The third-order valence-electron chi connectivity index (χ3n) is 4.19. The molecular weight excluding hydrogens is 307 g/mol. The van der Waals surface area contributed by atoms with Gasteiger partial charge in [0.05, 0.1) is 35.7 Å². The number of benzene rings is 1. The first-order valence-corrected chi connectivity index (χ1v) is 7.30. The number of nitrogens with one attached hydrogen (secondary N) is 1. The molecule has 124 valence electrons. The summed E-state index contributed by atoms with van der Waals surface area (Å²) >= 11 is 0. The molecule has 1 aromatic heterocycles. The van der Waals surface area contributed by atoms with Gasteiger partial charge in [0.15, 0.2) is 0 Å². The van der Waals surface area contributed by atoms with Crippen LogP contribution in [0.5, 0.6) is 0 Å². The summed E-state index contributed by atoms with van der Waals surface area (Å²) in [6.45, 7) is 4.45. The Morgan fingerprint density at radius 3 is 2.70 bits per heavy atom. The number of alkyl halides is 3. The lowest BCUT2D eigenvalue weighted by atomic mass is 9.86. The van der Waals surface area contributed by atoms with Crippen LogP contribution in [0.1, 0.15) is 36.6 Å². The molecule has 3 rings (SSSR count). The largest absolute Gasteiger partial charge is 0.419 e. The maximum Gasteiger partial charge on any atom is 0.419 e. The van der Waals surface area contributed by atoms with E-state index in [1.807, 2.05) is 33.0 Å². The minimum atomic E-state index is -4.40. The van der Waals surface area contributed by atoms with Crippen LogP contribution in [-0.2, 0) is 16.5 Å². The van der Waals surface area contributed by atoms with E-state index in [0.717, 1.165) is 23.5 Å². The van der Waals surface area contributed by atoms with E-state index in [-0.39, 0.29) is 6.04 Å². The van der Waals surface area contributed by atoms with E-state index in [0.29, 0.717) is 12.3 Å². The molecule has 23 heavy (non-hydrogen) atoms. The molecule has 0 spiro atoms. The summed E-state index contributed by atoms with van der Waals surface area (Å²) in [5.41, 5.74) is 1.35. The van der Waals surface area contributed by atoms with Crippen LogP contribution in [0.4, 0.5) is 13.2 Å². The van der Waals surface area contributed by atoms with Gasteiger partial charge in [0.1, 0.15) is 0 Å². The average molecular weight is 325 g/mol. The number of hydrogen-bond donors (Lipinski definition) is 1. The van der Waals surface area contributed by atoms with Crippen LogP contribution in [0.15, 0.2) is 30.6 Å². The van der Waals surface area contributed by atoms with Gasteiger partial charge >= 0.3 is 6.18 Å². The first kappa shape index (κ1) is 16.0. The second kappa shape index (κ2) is 5.35. The van der Waals surface area contributed by atoms with Crippen molar-refractivity contribution in [2.45, 2.75) is 31.7 Å². The summed E-state index contributed by atoms with van der Waals surface area (Å²) in [4.78, 5) is 0. The number of ether oxygens (including phenoxy) is 1. The minimum absolute atomic E-state index is 0.0652. The Hall–Kier alpha value is -1.86. The van der Waals surface area contributed by atoms with Gasteiger partial charge in [-0.2, -0.15) is 18.3 Å². The summed E-state index contributed by atoms with van der Waals surface area (Å²) < 4.78 is 45.3. The molecule has 2 aromatic rings. The topological polar surface area (TPSA) is 39.1 Å². The van der Waals surface area contributed by atoms with Crippen molar-refractivity contribution in [1.82, 2.24) is 15.1 Å². The molecule has 1 aliphatic rings. The SMILES string of the molecule is CNC1COC(C)(C)c2cc(-n3cc(C(F)(F)F)cn3)ccc21. The van der Waals surface area contributed by atoms with Gasteiger partial charge in [-0.3, -0.25) is 0 Å². The molecule has 7 heteroatoms. The maximum atomic E-state index is 12.7. The summed E-state index contributed by atoms with van der Waals surface area (Å²) in [6, 6.07) is 5.60. The van der Waals surface area contributed by atoms with Gasteiger partial charge in [0.2, 0.25) is 0 Å². The Bertz CT molecular complexity index is 722. The smallest absolute Gasteiger partial charge is 0.369 e. The summed E-state index contributed by atoms with van der Waals surface area (Å²) in [6.07, 6.45) is -2.57. The highest BCUT2D eigenvalue weighted by Crippen LogP contribution is 2.38. The van der Waals surface area contributed by atoms with Gasteiger partial charge in [-0.1, -0.05) is 6.07 Å². The molecule has 0 aliphatic carbocycles. The fourth-order valence-corrected chi connectivity index (χ4v) is 2.82. The molecule has 1 unspecified atom stereocenters. The molecule has 0 radical (unpaired) electrons. The molecule has 1 atom stereocenters. The molecule has 2 heterocycles. The van der Waals surface area contributed by atoms with Crippen molar-refractivity contribution in [2.75, 3.05) is 13.7 Å². The minimum Gasteiger partial charge on any atom is -0.369 e. The predicted molar refractivity (Wildman–Crippen MR) is 79.3 cm³/mol. The Labute approximate surface area is 132 Å². The van der Waals surface area contributed by atoms with Crippen LogP contribution in [0, 0.1) is 0 Å². The van der Waals surface area contributed by atoms with Gasteiger partial charge in [-0.25, -0.2) is 4.68 Å². The number of fused-ring (bicyclic) bond motifs is 1. The van der Waals surface area contributed by atoms with Gasteiger partial charge < -0.3 is 10.1 Å². The zero-order valence-corrected chi connectivity index (χ0v) is 13.1. The molecular formula is C16H18F3N3O. The van der Waals surface area contributed by atoms with E-state index in [1.54, 1.807) is 6.07 Å². The number of rotatable bonds is 2. The van der Waals surface area contributed by atoms with E-state index in [4.69, 9.17) is 4.74 Å². The second-order valence-corrected chi connectivity index (χ2v) is 6.11. The van der Waals surface area contributed by atoms with Gasteiger partial charge in [-0.05, 0) is 44.2 Å². The lowest BCUT2D eigenvalue weighted by Gasteiger charge is -2.37. The Kier molecular flexibility index (Phi) is 3.72. The molecule has 1 aromatic carbocycles. The standard InChI is InChI=1S/C16H18F3N3O/c1-15(2)13-6-11(4-5-12(13)14(20-3)9-23-15)22-8-10(7-21-22)16(17,18)19/h4-8,14,20H,9H2,1-3H3. The number of nitrogens with zero attached hydrogens (tertiary/aromatic N) is 2. The Morgan fingerprint density at radius 2 is 2.09 bits per heavy atom. The molecule has 1 N–H and O–H groups in total. The van der Waals surface area contributed by atoms with Gasteiger partial charge in [-0.15, -0.1) is 0 Å². The number of hydrogen-bond acceptors (Lipinski definition) is 3. The van der Waals surface area contributed by atoms with Crippen molar-refractivity contribution in [3.05, 3.63) is 47.3 Å². The highest BCUT2D eigenvalue weighted by molar-refractivity contribution is 5.45. The highest BCUT2D eigenvalue weighted by atomic mass is 19.4. The van der Waals surface area contributed by atoms with Crippen molar-refractivity contribution >= 4 is 0 Å². The summed E-state index contributed by atoms with van der Waals surface area (Å²) in [5, 5.41) is 7.01. The zero-order chi connectivity index (χ0) is 16.8. The van der Waals surface area contributed by atoms with E-state index >= 15 is 0 Å². The van der Waals surface area contributed by atoms with E-state index < -0.39 is 17.3 Å². The fraction of sp³-hybridized carbons (Fsp3) is 0.438. The Balaban J connectivity index is 2.05. The van der Waals surface area contributed by atoms with E-state index in [9.17, 15) is 13.2 Å². The molecule has 0 bridgehead atoms. The number of likely N-dealkylation sites (N-methyl/N-ethyl adjacent to an activating group) is 1. The lowest BCUT2D eigenvalue weighted by Crippen LogP contribution is -2.36. The monoisotopic (exact) mass is 325 g/mol. The molecule has 0 saturated carbocycles. The molecule has 0 amide bonds. The van der Waals surface area contributed by atoms with Crippen LogP contribution in [0.2, 0.25) is 0 Å². The van der Waals surface area contributed by atoms with Crippen molar-refractivity contribution in [2.24, 2.45) is 0 Å². The van der Waals surface area contributed by atoms with E-state index in [1.165, 1.54) is 4.68 Å². The first-order valence-electron chi connectivity index (χ1n) is 7.30. The van der Waals surface area contributed by atoms with Crippen molar-refractivity contribution in [3.63, 3.8) is 0 Å². The van der Waals surface area contributed by atoms with E-state index in [2.05, 4.69) is 10.4 Å². The first-order chi connectivity index (χ1) is 10.7. The van der Waals surface area contributed by atoms with Crippen LogP contribution in [-0.4, -0.2) is 23.4 Å². The third kappa shape index (κ3) is 2.86. The molecule has 0 saturated heterocycles. The summed E-state index contributed by atoms with van der Waals surface area (Å²) in [7, 11) is 1.85. The normalized spacial score (nSPS) is 20.3. The van der Waals surface area contributed by atoms with Crippen molar-refractivity contribution < 1.29 is 17.9 Å². The summed E-state index contributed by atoms with van der Waals surface area (Å²) in [5.74, 6) is 0. The Morgan fingerprint density at radius 1 is 1.35 bits per heavy atom. The van der Waals surface area contributed by atoms with Gasteiger partial charge in [0.25, 0.3) is 0 Å². The zero-order valence-electron chi connectivity index (χ0n) is 13.1. The molecule has 4 nitrogen and oxygen atoms in total. The molecule has 1 aliphatic heterocycles. The lowest BCUT2D eigenvalue weighted by molar-refractivity contribution is -0.137. The van der Waals surface area contributed by atoms with Crippen LogP contribution < -0.4 is 5.32 Å². The second-order valence-electron chi connectivity index (χ2n) is 6.11. The van der Waals surface area contributed by atoms with Gasteiger partial charge in [0, 0.05) is 6.20 Å². The number of aromatic nitrogens is 2. The molecule has 0 fully saturated rings.